The molecular formula is C21H41AsN2O5P+. The molecule has 5 N–H and O–H groups in total. The zero-order valence-corrected chi connectivity index (χ0v) is 21.8. The Morgan fingerprint density at radius 2 is 1.80 bits per heavy atom. The van der Waals surface area contributed by atoms with Gasteiger partial charge < -0.3 is 0 Å². The van der Waals surface area contributed by atoms with Crippen molar-refractivity contribution in [2.24, 2.45) is 23.5 Å². The van der Waals surface area contributed by atoms with Gasteiger partial charge in [-0.25, -0.2) is 0 Å². The molecule has 0 saturated heterocycles. The van der Waals surface area contributed by atoms with E-state index in [9.17, 15) is 24.2 Å². The minimum atomic E-state index is -2.37. The van der Waals surface area contributed by atoms with E-state index in [1.807, 2.05) is 27.7 Å². The number of nitrogens with two attached hydrogens (primary N) is 1. The van der Waals surface area contributed by atoms with Crippen LogP contribution >= 0.6 is 8.03 Å². The quantitative estimate of drug-likeness (QED) is 0.224. The van der Waals surface area contributed by atoms with Gasteiger partial charge in [0.05, 0.1) is 0 Å². The van der Waals surface area contributed by atoms with Crippen molar-refractivity contribution >= 4 is 34.3 Å². The molecule has 0 aliphatic heterocycles. The van der Waals surface area contributed by atoms with Gasteiger partial charge in [0, 0.05) is 0 Å². The van der Waals surface area contributed by atoms with Gasteiger partial charge >= 0.3 is 189 Å². The number of carbonyl (C=O) groups excluding carboxylic acids is 2. The molecule has 5 unspecified atom stereocenters. The predicted octanol–water partition coefficient (Wildman–Crippen LogP) is 2.32. The van der Waals surface area contributed by atoms with E-state index < -0.39 is 41.6 Å². The fourth-order valence-electron chi connectivity index (χ4n) is 3.97. The summed E-state index contributed by atoms with van der Waals surface area (Å²) >= 11 is -1.24. The van der Waals surface area contributed by atoms with E-state index in [-0.39, 0.29) is 45.9 Å². The van der Waals surface area contributed by atoms with Crippen molar-refractivity contribution in [2.75, 3.05) is 6.54 Å². The number of nitrogens with one attached hydrogen (secondary N) is 1. The summed E-state index contributed by atoms with van der Waals surface area (Å²) < 4.78 is 11.5. The third kappa shape index (κ3) is 9.04. The second-order valence-corrected chi connectivity index (χ2v) is 13.3. The molecule has 9 heteroatoms. The van der Waals surface area contributed by atoms with Crippen LogP contribution in [0.4, 0.5) is 0 Å². The third-order valence-corrected chi connectivity index (χ3v) is 11.4. The van der Waals surface area contributed by atoms with E-state index >= 15 is 0 Å². The number of aliphatic hydroxyl groups excluding tert-OH is 1. The molecule has 0 bridgehead atoms. The number of carbonyl (C=O) groups is 2. The van der Waals surface area contributed by atoms with Gasteiger partial charge in [-0.2, -0.15) is 0 Å². The summed E-state index contributed by atoms with van der Waals surface area (Å²) in [6, 6.07) is -0.522. The summed E-state index contributed by atoms with van der Waals surface area (Å²) in [6.07, 6.45) is 5.26. The number of amides is 1. The van der Waals surface area contributed by atoms with Crippen molar-refractivity contribution < 1.29 is 24.2 Å². The second kappa shape index (κ2) is 14.0. The first-order valence-corrected chi connectivity index (χ1v) is 14.8. The summed E-state index contributed by atoms with van der Waals surface area (Å²) in [5, 5.41) is 13.2. The molecule has 1 saturated carbocycles. The Hall–Kier alpha value is -0.322. The van der Waals surface area contributed by atoms with Gasteiger partial charge in [-0.1, -0.05) is 0 Å². The Labute approximate surface area is 188 Å². The number of hydrogen-bond acceptors (Lipinski definition) is 5. The number of aliphatic hydroxyl groups is 1. The molecule has 0 aromatic heterocycles. The van der Waals surface area contributed by atoms with Crippen LogP contribution in [-0.4, -0.2) is 60.6 Å². The van der Waals surface area contributed by atoms with Crippen LogP contribution in [0.3, 0.4) is 0 Å². The Kier molecular flexibility index (Phi) is 12.9. The maximum atomic E-state index is 12.7. The van der Waals surface area contributed by atoms with Gasteiger partial charge in [0.15, 0.2) is 0 Å². The Balaban J connectivity index is 2.60. The Bertz CT molecular complexity index is 572. The molecule has 30 heavy (non-hydrogen) atoms. The molecule has 0 radical (unpaired) electrons. The molecule has 0 spiro atoms. The van der Waals surface area contributed by atoms with Crippen molar-refractivity contribution in [3.05, 3.63) is 0 Å². The molecule has 0 heterocycles. The summed E-state index contributed by atoms with van der Waals surface area (Å²) in [6.45, 7) is 7.81. The fourth-order valence-corrected chi connectivity index (χ4v) is 7.88. The first-order chi connectivity index (χ1) is 14.1. The van der Waals surface area contributed by atoms with Gasteiger partial charge in [-0.3, -0.25) is 0 Å². The standard InChI is InChI=1S/C21H40AsN2O5P/c1-5-14(4)19(23)20(26)22-18(13(2)3)21(27)24-12-16(25)11-17(30(28)29)15-9-7-6-8-10-15/h13-19,22,25H,5-12,23H2,1-4H3,(H-,24,27,28,29)/p+1/t14?,16-,17?,18+,19?/m1/s1. The SMILES string of the molecule is CCC(C)C(N)C(=O)[AsH][C@H](C(=O)NC[C@H](O)CC(C1CCCCC1)[P+](=O)O)C(C)C. The molecule has 0 aromatic carbocycles. The fraction of sp³-hybridized carbons (Fsp3) is 0.905. The molecular weight excluding hydrogens is 466 g/mol. The van der Waals surface area contributed by atoms with Crippen LogP contribution in [0, 0.1) is 17.8 Å². The van der Waals surface area contributed by atoms with Gasteiger partial charge in [0.2, 0.25) is 0 Å². The second-order valence-electron chi connectivity index (χ2n) is 9.04. The molecule has 1 rings (SSSR count). The van der Waals surface area contributed by atoms with E-state index in [1.165, 1.54) is 0 Å². The van der Waals surface area contributed by atoms with E-state index in [1.54, 1.807) is 0 Å². The van der Waals surface area contributed by atoms with Crippen LogP contribution < -0.4 is 11.1 Å². The Morgan fingerprint density at radius 3 is 2.30 bits per heavy atom. The van der Waals surface area contributed by atoms with Gasteiger partial charge in [0.25, 0.3) is 0 Å². The third-order valence-electron chi connectivity index (χ3n) is 6.31. The monoisotopic (exact) mass is 507 g/mol. The predicted molar refractivity (Wildman–Crippen MR) is 122 cm³/mol. The van der Waals surface area contributed by atoms with Crippen molar-refractivity contribution in [3.63, 3.8) is 0 Å². The van der Waals surface area contributed by atoms with Crippen LogP contribution in [0.1, 0.15) is 72.6 Å². The molecule has 1 aliphatic rings. The summed E-state index contributed by atoms with van der Waals surface area (Å²) in [4.78, 5) is 35.0. The van der Waals surface area contributed by atoms with E-state index in [0.29, 0.717) is 0 Å². The van der Waals surface area contributed by atoms with Crippen molar-refractivity contribution in [3.8, 4) is 0 Å². The molecule has 7 atom stereocenters. The zero-order valence-electron chi connectivity index (χ0n) is 18.8. The van der Waals surface area contributed by atoms with Gasteiger partial charge in [0.1, 0.15) is 0 Å². The first kappa shape index (κ1) is 27.7. The zero-order chi connectivity index (χ0) is 22.8. The first-order valence-electron chi connectivity index (χ1n) is 11.2. The normalized spacial score (nSPS) is 21.3. The average molecular weight is 507 g/mol. The van der Waals surface area contributed by atoms with Crippen molar-refractivity contribution in [1.29, 1.82) is 0 Å². The van der Waals surface area contributed by atoms with E-state index in [2.05, 4.69) is 5.32 Å². The van der Waals surface area contributed by atoms with Gasteiger partial charge in [-0.15, -0.1) is 0 Å². The minimum absolute atomic E-state index is 0.00777. The van der Waals surface area contributed by atoms with Crippen LogP contribution in [0.25, 0.3) is 0 Å². The van der Waals surface area contributed by atoms with Gasteiger partial charge in [-0.05, 0) is 0 Å². The van der Waals surface area contributed by atoms with E-state index in [0.717, 1.165) is 38.5 Å². The van der Waals surface area contributed by atoms with Crippen LogP contribution in [0.15, 0.2) is 0 Å². The summed E-state index contributed by atoms with van der Waals surface area (Å²) in [7, 11) is -2.37. The number of rotatable bonds is 13. The molecule has 7 nitrogen and oxygen atoms in total. The van der Waals surface area contributed by atoms with Crippen molar-refractivity contribution in [2.45, 2.75) is 95.2 Å². The molecule has 1 fully saturated rings. The summed E-state index contributed by atoms with van der Waals surface area (Å²) in [5.74, 6) is 0.0390. The van der Waals surface area contributed by atoms with E-state index in [4.69, 9.17) is 5.73 Å². The molecule has 0 aromatic rings. The Morgan fingerprint density at radius 1 is 1.20 bits per heavy atom. The van der Waals surface area contributed by atoms with Crippen LogP contribution in [0.2, 0.25) is 4.71 Å². The number of hydrogen-bond donors (Lipinski definition) is 4. The van der Waals surface area contributed by atoms with Crippen molar-refractivity contribution in [1.82, 2.24) is 5.32 Å². The summed E-state index contributed by atoms with van der Waals surface area (Å²) in [5.41, 5.74) is 5.62. The molecule has 1 amide bonds. The molecule has 174 valence electrons. The topological polar surface area (TPSA) is 130 Å². The molecule has 1 aliphatic carbocycles. The average Bonchev–Trinajstić information content (AvgIpc) is 2.72. The maximum absolute atomic E-state index is 12.7. The van der Waals surface area contributed by atoms with Crippen LogP contribution in [-0.2, 0) is 14.2 Å². The van der Waals surface area contributed by atoms with Crippen LogP contribution in [0.5, 0.6) is 0 Å².